The summed E-state index contributed by atoms with van der Waals surface area (Å²) in [5.41, 5.74) is 0. The fourth-order valence-corrected chi connectivity index (χ4v) is 3.07. The average molecular weight is 294 g/mol. The van der Waals surface area contributed by atoms with Gasteiger partial charge in [-0.3, -0.25) is 0 Å². The molecule has 0 radical (unpaired) electrons. The summed E-state index contributed by atoms with van der Waals surface area (Å²) in [6.45, 7) is 6.64. The topological polar surface area (TPSA) is 79.1 Å². The van der Waals surface area contributed by atoms with Crippen LogP contribution in [0, 0.1) is 5.92 Å². The molecule has 0 amide bonds. The van der Waals surface area contributed by atoms with Gasteiger partial charge < -0.3 is 15.3 Å². The minimum Gasteiger partial charge on any atom is -0.392 e. The fraction of sp³-hybridized carbons (Fsp3) is 0.929. The Morgan fingerprint density at radius 1 is 1.29 bits per heavy atom. The molecule has 1 unspecified atom stereocenters. The molecule has 2 fully saturated rings. The lowest BCUT2D eigenvalue weighted by atomic mass is 9.96. The lowest BCUT2D eigenvalue weighted by Gasteiger charge is -2.32. The van der Waals surface area contributed by atoms with E-state index in [0.717, 1.165) is 44.5 Å². The van der Waals surface area contributed by atoms with Gasteiger partial charge in [-0.05, 0) is 68.6 Å². The van der Waals surface area contributed by atoms with Crippen LogP contribution in [0.5, 0.6) is 0 Å². The Morgan fingerprint density at radius 3 is 2.71 bits per heavy atom. The molecule has 2 heterocycles. The second-order valence-electron chi connectivity index (χ2n) is 6.49. The SMILES string of the molecule is CC(O)CN1CCC(CNCc2nnnn2C2CC2)CC1. The number of tetrazole rings is 1. The van der Waals surface area contributed by atoms with Gasteiger partial charge in [-0.2, -0.15) is 0 Å². The molecular weight excluding hydrogens is 268 g/mol. The molecule has 3 rings (SSSR count). The standard InChI is InChI=1S/C14H26N6O/c1-11(21)10-19-6-4-12(5-7-19)8-15-9-14-16-17-18-20(14)13-2-3-13/h11-13,15,21H,2-10H2,1H3. The average Bonchev–Trinajstić information content (AvgIpc) is 3.20. The van der Waals surface area contributed by atoms with E-state index in [1.165, 1.54) is 25.7 Å². The lowest BCUT2D eigenvalue weighted by Crippen LogP contribution is -2.40. The van der Waals surface area contributed by atoms with Crippen LogP contribution in [0.3, 0.4) is 0 Å². The zero-order valence-electron chi connectivity index (χ0n) is 12.8. The van der Waals surface area contributed by atoms with Gasteiger partial charge in [-0.25, -0.2) is 4.68 Å². The monoisotopic (exact) mass is 294 g/mol. The molecule has 1 aromatic rings. The van der Waals surface area contributed by atoms with E-state index in [2.05, 4.69) is 25.7 Å². The molecule has 0 spiro atoms. The molecule has 21 heavy (non-hydrogen) atoms. The molecule has 2 aliphatic rings. The number of nitrogens with one attached hydrogen (secondary N) is 1. The van der Waals surface area contributed by atoms with E-state index in [-0.39, 0.29) is 6.10 Å². The maximum atomic E-state index is 9.42. The Balaban J connectivity index is 1.35. The molecule has 1 atom stereocenters. The van der Waals surface area contributed by atoms with Crippen LogP contribution in [0.15, 0.2) is 0 Å². The van der Waals surface area contributed by atoms with E-state index >= 15 is 0 Å². The van der Waals surface area contributed by atoms with Crippen molar-refractivity contribution in [1.29, 1.82) is 0 Å². The van der Waals surface area contributed by atoms with Gasteiger partial charge in [0.15, 0.2) is 5.82 Å². The summed E-state index contributed by atoms with van der Waals surface area (Å²) < 4.78 is 1.97. The Bertz CT molecular complexity index is 436. The van der Waals surface area contributed by atoms with E-state index in [4.69, 9.17) is 0 Å². The molecule has 1 aliphatic carbocycles. The summed E-state index contributed by atoms with van der Waals surface area (Å²) in [4.78, 5) is 2.36. The van der Waals surface area contributed by atoms with Crippen LogP contribution in [-0.2, 0) is 6.54 Å². The second-order valence-corrected chi connectivity index (χ2v) is 6.49. The predicted molar refractivity (Wildman–Crippen MR) is 78.6 cm³/mol. The number of aliphatic hydroxyl groups is 1. The smallest absolute Gasteiger partial charge is 0.165 e. The molecule has 0 aromatic carbocycles. The predicted octanol–water partition coefficient (Wildman–Crippen LogP) is 0.190. The van der Waals surface area contributed by atoms with Gasteiger partial charge in [0, 0.05) is 6.54 Å². The maximum Gasteiger partial charge on any atom is 0.165 e. The van der Waals surface area contributed by atoms with Gasteiger partial charge in [0.1, 0.15) is 0 Å². The highest BCUT2D eigenvalue weighted by molar-refractivity contribution is 4.90. The molecule has 1 saturated heterocycles. The molecule has 1 aliphatic heterocycles. The highest BCUT2D eigenvalue weighted by atomic mass is 16.3. The molecule has 1 aromatic heterocycles. The zero-order valence-corrected chi connectivity index (χ0v) is 12.8. The van der Waals surface area contributed by atoms with Crippen molar-refractivity contribution in [3.63, 3.8) is 0 Å². The van der Waals surface area contributed by atoms with Crippen LogP contribution in [0.4, 0.5) is 0 Å². The van der Waals surface area contributed by atoms with Crippen molar-refractivity contribution in [3.05, 3.63) is 5.82 Å². The first-order valence-electron chi connectivity index (χ1n) is 8.10. The number of hydrogen-bond donors (Lipinski definition) is 2. The van der Waals surface area contributed by atoms with Gasteiger partial charge in [-0.15, -0.1) is 5.10 Å². The van der Waals surface area contributed by atoms with E-state index in [1.54, 1.807) is 0 Å². The van der Waals surface area contributed by atoms with Crippen molar-refractivity contribution >= 4 is 0 Å². The number of rotatable bonds is 7. The first kappa shape index (κ1) is 14.9. The quantitative estimate of drug-likeness (QED) is 0.747. The Kier molecular flexibility index (Phi) is 4.82. The molecule has 1 saturated carbocycles. The van der Waals surface area contributed by atoms with Crippen molar-refractivity contribution in [1.82, 2.24) is 30.4 Å². The third-order valence-corrected chi connectivity index (χ3v) is 4.40. The van der Waals surface area contributed by atoms with Crippen LogP contribution in [0.25, 0.3) is 0 Å². The fourth-order valence-electron chi connectivity index (χ4n) is 3.07. The molecule has 118 valence electrons. The molecule has 7 heteroatoms. The van der Waals surface area contributed by atoms with Crippen LogP contribution >= 0.6 is 0 Å². The number of nitrogens with zero attached hydrogens (tertiary/aromatic N) is 5. The normalized spacial score (nSPS) is 22.6. The molecule has 7 nitrogen and oxygen atoms in total. The Hall–Kier alpha value is -1.05. The van der Waals surface area contributed by atoms with Gasteiger partial charge in [0.2, 0.25) is 0 Å². The van der Waals surface area contributed by atoms with Gasteiger partial charge >= 0.3 is 0 Å². The van der Waals surface area contributed by atoms with E-state index in [0.29, 0.717) is 6.04 Å². The highest BCUT2D eigenvalue weighted by Crippen LogP contribution is 2.34. The summed E-state index contributed by atoms with van der Waals surface area (Å²) >= 11 is 0. The van der Waals surface area contributed by atoms with Crippen molar-refractivity contribution in [3.8, 4) is 0 Å². The van der Waals surface area contributed by atoms with Crippen LogP contribution in [-0.4, -0.2) is 62.5 Å². The van der Waals surface area contributed by atoms with Crippen LogP contribution in [0.1, 0.15) is 44.5 Å². The lowest BCUT2D eigenvalue weighted by molar-refractivity contribution is 0.0997. The third kappa shape index (κ3) is 4.21. The summed E-state index contributed by atoms with van der Waals surface area (Å²) in [6, 6.07) is 0.542. The number of likely N-dealkylation sites (tertiary alicyclic amines) is 1. The Labute approximate surface area is 125 Å². The number of aromatic nitrogens is 4. The zero-order chi connectivity index (χ0) is 14.7. The maximum absolute atomic E-state index is 9.42. The van der Waals surface area contributed by atoms with Gasteiger partial charge in [0.05, 0.1) is 18.7 Å². The first-order chi connectivity index (χ1) is 10.2. The molecule has 2 N–H and O–H groups in total. The van der Waals surface area contributed by atoms with Crippen molar-refractivity contribution < 1.29 is 5.11 Å². The minimum atomic E-state index is -0.221. The summed E-state index contributed by atoms with van der Waals surface area (Å²) in [7, 11) is 0. The van der Waals surface area contributed by atoms with Crippen LogP contribution < -0.4 is 5.32 Å². The number of hydrogen-bond acceptors (Lipinski definition) is 6. The van der Waals surface area contributed by atoms with Gasteiger partial charge in [-0.1, -0.05) is 0 Å². The van der Waals surface area contributed by atoms with E-state index in [9.17, 15) is 5.11 Å². The van der Waals surface area contributed by atoms with E-state index in [1.807, 2.05) is 11.6 Å². The second kappa shape index (κ2) is 6.81. The van der Waals surface area contributed by atoms with Crippen molar-refractivity contribution in [2.45, 2.75) is 51.3 Å². The van der Waals surface area contributed by atoms with Crippen LogP contribution in [0.2, 0.25) is 0 Å². The van der Waals surface area contributed by atoms with Crippen molar-refractivity contribution in [2.75, 3.05) is 26.2 Å². The Morgan fingerprint density at radius 2 is 2.05 bits per heavy atom. The molecular formula is C14H26N6O. The highest BCUT2D eigenvalue weighted by Gasteiger charge is 2.27. The number of piperidine rings is 1. The largest absolute Gasteiger partial charge is 0.392 e. The third-order valence-electron chi connectivity index (χ3n) is 4.40. The van der Waals surface area contributed by atoms with Crippen molar-refractivity contribution in [2.24, 2.45) is 5.92 Å². The number of aliphatic hydroxyl groups excluding tert-OH is 1. The van der Waals surface area contributed by atoms with E-state index < -0.39 is 0 Å². The summed E-state index contributed by atoms with van der Waals surface area (Å²) in [5.74, 6) is 1.68. The summed E-state index contributed by atoms with van der Waals surface area (Å²) in [5, 5.41) is 24.9. The summed E-state index contributed by atoms with van der Waals surface area (Å²) in [6.07, 6.45) is 4.60. The van der Waals surface area contributed by atoms with Gasteiger partial charge in [0.25, 0.3) is 0 Å². The molecule has 0 bridgehead atoms. The minimum absolute atomic E-state index is 0.221. The first-order valence-corrected chi connectivity index (χ1v) is 8.10. The number of β-amino-alcohol motifs (C(OH)–C–C–N with tert-alkyl or cyclic N) is 1.